The Bertz CT molecular complexity index is 1120. The Kier molecular flexibility index (Phi) is 6.29. The minimum atomic E-state index is -0.335. The van der Waals surface area contributed by atoms with E-state index in [2.05, 4.69) is 24.4 Å². The number of aryl methyl sites for hydroxylation is 2. The monoisotopic (exact) mass is 441 g/mol. The number of nitrogens with zero attached hydrogens (tertiary/aromatic N) is 2. The Morgan fingerprint density at radius 2 is 1.97 bits per heavy atom. The Morgan fingerprint density at radius 3 is 2.73 bits per heavy atom. The Morgan fingerprint density at radius 1 is 1.23 bits per heavy atom. The quantitative estimate of drug-likeness (QED) is 0.458. The van der Waals surface area contributed by atoms with E-state index in [1.54, 1.807) is 23.0 Å². The topological polar surface area (TPSA) is 64.0 Å². The zero-order chi connectivity index (χ0) is 21.3. The molecule has 0 saturated heterocycles. The van der Waals surface area contributed by atoms with E-state index >= 15 is 0 Å². The molecule has 0 fully saturated rings. The fourth-order valence-electron chi connectivity index (χ4n) is 3.88. The summed E-state index contributed by atoms with van der Waals surface area (Å²) >= 11 is 2.99. The van der Waals surface area contributed by atoms with Crippen LogP contribution in [0.25, 0.3) is 10.2 Å². The molecule has 1 N–H and O–H groups in total. The maximum atomic E-state index is 13.0. The third-order valence-electron chi connectivity index (χ3n) is 5.76. The lowest BCUT2D eigenvalue weighted by Crippen LogP contribution is -2.34. The average molecular weight is 442 g/mol. The van der Waals surface area contributed by atoms with Crippen molar-refractivity contribution in [3.63, 3.8) is 0 Å². The van der Waals surface area contributed by atoms with Crippen molar-refractivity contribution in [2.24, 2.45) is 7.05 Å². The highest BCUT2D eigenvalue weighted by Crippen LogP contribution is 2.35. The summed E-state index contributed by atoms with van der Waals surface area (Å²) in [4.78, 5) is 32.6. The molecule has 0 saturated carbocycles. The highest BCUT2D eigenvalue weighted by atomic mass is 32.2. The van der Waals surface area contributed by atoms with E-state index in [1.807, 2.05) is 25.1 Å². The van der Waals surface area contributed by atoms with E-state index in [4.69, 9.17) is 4.98 Å². The van der Waals surface area contributed by atoms with Crippen LogP contribution in [0.3, 0.4) is 0 Å². The van der Waals surface area contributed by atoms with E-state index in [9.17, 15) is 9.59 Å². The zero-order valence-corrected chi connectivity index (χ0v) is 19.2. The molecule has 1 amide bonds. The van der Waals surface area contributed by atoms with Gasteiger partial charge in [-0.3, -0.25) is 14.2 Å². The molecule has 4 rings (SSSR count). The number of rotatable bonds is 6. The molecule has 2 heterocycles. The number of carbonyl (C=O) groups excluding carboxylic acids is 1. The molecule has 7 heteroatoms. The second kappa shape index (κ2) is 8.94. The van der Waals surface area contributed by atoms with Crippen LogP contribution in [0.15, 0.2) is 40.3 Å². The number of amides is 1. The van der Waals surface area contributed by atoms with Gasteiger partial charge in [0.1, 0.15) is 4.83 Å². The smallest absolute Gasteiger partial charge is 0.262 e. The van der Waals surface area contributed by atoms with Gasteiger partial charge in [0.15, 0.2) is 5.16 Å². The lowest BCUT2D eigenvalue weighted by atomic mass is 9.97. The first-order valence-corrected chi connectivity index (χ1v) is 12.2. The van der Waals surface area contributed by atoms with Crippen molar-refractivity contribution in [3.8, 4) is 0 Å². The maximum Gasteiger partial charge on any atom is 0.262 e. The second-order valence-electron chi connectivity index (χ2n) is 7.97. The van der Waals surface area contributed by atoms with Gasteiger partial charge in [-0.2, -0.15) is 0 Å². The van der Waals surface area contributed by atoms with Crippen molar-refractivity contribution in [2.45, 2.75) is 55.9 Å². The summed E-state index contributed by atoms with van der Waals surface area (Å²) in [6.07, 6.45) is 4.33. The van der Waals surface area contributed by atoms with Crippen LogP contribution in [-0.2, 0) is 24.7 Å². The molecule has 3 aromatic rings. The molecule has 0 spiro atoms. The van der Waals surface area contributed by atoms with E-state index in [0.29, 0.717) is 11.7 Å². The summed E-state index contributed by atoms with van der Waals surface area (Å²) in [6, 6.07) is 10.2. The van der Waals surface area contributed by atoms with Crippen LogP contribution >= 0.6 is 23.1 Å². The molecular formula is C23H27N3O2S2. The summed E-state index contributed by atoms with van der Waals surface area (Å²) < 4.78 is 1.60. The van der Waals surface area contributed by atoms with Gasteiger partial charge < -0.3 is 5.32 Å². The van der Waals surface area contributed by atoms with Crippen molar-refractivity contribution in [1.82, 2.24) is 14.9 Å². The molecule has 0 aliphatic heterocycles. The lowest BCUT2D eigenvalue weighted by molar-refractivity contribution is -0.120. The van der Waals surface area contributed by atoms with Crippen molar-refractivity contribution in [3.05, 3.63) is 56.7 Å². The number of nitrogens with one attached hydrogen (secondary N) is 1. The summed E-state index contributed by atoms with van der Waals surface area (Å²) in [5.41, 5.74) is 2.41. The molecule has 1 aliphatic rings. The highest BCUT2D eigenvalue weighted by molar-refractivity contribution is 8.00. The Labute approximate surface area is 184 Å². The molecule has 30 heavy (non-hydrogen) atoms. The van der Waals surface area contributed by atoms with Crippen LogP contribution in [0.5, 0.6) is 0 Å². The minimum Gasteiger partial charge on any atom is -0.355 e. The molecule has 5 nitrogen and oxygen atoms in total. The van der Waals surface area contributed by atoms with Gasteiger partial charge in [0.2, 0.25) is 5.91 Å². The zero-order valence-electron chi connectivity index (χ0n) is 17.6. The van der Waals surface area contributed by atoms with Crippen LogP contribution < -0.4 is 10.9 Å². The Balaban J connectivity index is 1.47. The van der Waals surface area contributed by atoms with E-state index in [0.717, 1.165) is 29.5 Å². The van der Waals surface area contributed by atoms with E-state index in [1.165, 1.54) is 34.2 Å². The van der Waals surface area contributed by atoms with Crippen molar-refractivity contribution >= 4 is 39.2 Å². The molecule has 0 bridgehead atoms. The predicted octanol–water partition coefficient (Wildman–Crippen LogP) is 4.27. The highest BCUT2D eigenvalue weighted by Gasteiger charge is 2.23. The molecule has 0 radical (unpaired) electrons. The SMILES string of the molecule is CC(Sc1nc2sc3c(c2c(=O)n1C)CCCC3)C(=O)NCC(C)c1ccccc1. The van der Waals surface area contributed by atoms with Crippen LogP contribution in [0.4, 0.5) is 0 Å². The first-order valence-electron chi connectivity index (χ1n) is 10.5. The average Bonchev–Trinajstić information content (AvgIpc) is 3.14. The van der Waals surface area contributed by atoms with Crippen LogP contribution in [0, 0.1) is 0 Å². The first kappa shape index (κ1) is 21.1. The lowest BCUT2D eigenvalue weighted by Gasteiger charge is -2.16. The number of thioether (sulfide) groups is 1. The Hall–Kier alpha value is -2.12. The number of aromatic nitrogens is 2. The molecule has 1 aliphatic carbocycles. The summed E-state index contributed by atoms with van der Waals surface area (Å²) in [5.74, 6) is 0.200. The number of hydrogen-bond acceptors (Lipinski definition) is 5. The number of fused-ring (bicyclic) bond motifs is 3. The van der Waals surface area contributed by atoms with Gasteiger partial charge >= 0.3 is 0 Å². The van der Waals surface area contributed by atoms with E-state index < -0.39 is 0 Å². The number of benzene rings is 1. The fourth-order valence-corrected chi connectivity index (χ4v) is 6.08. The van der Waals surface area contributed by atoms with Crippen molar-refractivity contribution in [2.75, 3.05) is 6.54 Å². The van der Waals surface area contributed by atoms with Gasteiger partial charge in [-0.05, 0) is 49.7 Å². The predicted molar refractivity (Wildman–Crippen MR) is 125 cm³/mol. The fraction of sp³-hybridized carbons (Fsp3) is 0.435. The van der Waals surface area contributed by atoms with Crippen LogP contribution in [0.1, 0.15) is 48.6 Å². The summed E-state index contributed by atoms with van der Waals surface area (Å²) in [7, 11) is 1.76. The van der Waals surface area contributed by atoms with Crippen molar-refractivity contribution in [1.29, 1.82) is 0 Å². The van der Waals surface area contributed by atoms with Gasteiger partial charge in [0.05, 0.1) is 10.6 Å². The van der Waals surface area contributed by atoms with Crippen molar-refractivity contribution < 1.29 is 4.79 Å². The van der Waals surface area contributed by atoms with Crippen LogP contribution in [0.2, 0.25) is 0 Å². The normalized spacial score (nSPS) is 15.6. The standard InChI is InChI=1S/C23H27N3O2S2/c1-14(16-9-5-4-6-10-16)13-24-20(27)15(2)29-23-25-21-19(22(28)26(23)3)17-11-7-8-12-18(17)30-21/h4-6,9-10,14-15H,7-8,11-13H2,1-3H3,(H,24,27). The first-order chi connectivity index (χ1) is 14.5. The van der Waals surface area contributed by atoms with Gasteiger partial charge in [0, 0.05) is 18.5 Å². The van der Waals surface area contributed by atoms with Gasteiger partial charge in [-0.25, -0.2) is 4.98 Å². The molecule has 2 atom stereocenters. The molecule has 158 valence electrons. The number of thiophene rings is 1. The molecular weight excluding hydrogens is 414 g/mol. The third kappa shape index (κ3) is 4.18. The summed E-state index contributed by atoms with van der Waals surface area (Å²) in [6.45, 7) is 4.55. The number of hydrogen-bond donors (Lipinski definition) is 1. The molecule has 2 aromatic heterocycles. The summed E-state index contributed by atoms with van der Waals surface area (Å²) in [5, 5.41) is 4.09. The van der Waals surface area contributed by atoms with Gasteiger partial charge in [-0.15, -0.1) is 11.3 Å². The van der Waals surface area contributed by atoms with E-state index in [-0.39, 0.29) is 22.6 Å². The van der Waals surface area contributed by atoms with Crippen LogP contribution in [-0.4, -0.2) is 27.3 Å². The molecule has 1 aromatic carbocycles. The van der Waals surface area contributed by atoms with Gasteiger partial charge in [-0.1, -0.05) is 49.0 Å². The molecule has 2 unspecified atom stereocenters. The maximum absolute atomic E-state index is 13.0. The second-order valence-corrected chi connectivity index (χ2v) is 10.4. The van der Waals surface area contributed by atoms with Gasteiger partial charge in [0.25, 0.3) is 5.56 Å². The largest absolute Gasteiger partial charge is 0.355 e. The third-order valence-corrected chi connectivity index (χ3v) is 8.09. The minimum absolute atomic E-state index is 0.00667. The number of carbonyl (C=O) groups is 1.